The Kier molecular flexibility index (Phi) is 5.53. The molecule has 2 aromatic rings. The number of carbonyl (C=O) groups is 1. The number of nitrogens with zero attached hydrogens (tertiary/aromatic N) is 2. The van der Waals surface area contributed by atoms with E-state index in [0.29, 0.717) is 37.0 Å². The molecule has 0 aromatic heterocycles. The van der Waals surface area contributed by atoms with Gasteiger partial charge in [0, 0.05) is 37.2 Å². The minimum Gasteiger partial charge on any atom is -0.504 e. The average molecular weight is 531 g/mol. The van der Waals surface area contributed by atoms with Gasteiger partial charge < -0.3 is 29.5 Å². The molecule has 6 rings (SSSR count). The molecule has 10 heteroatoms. The van der Waals surface area contributed by atoms with Crippen LogP contribution in [0.1, 0.15) is 36.0 Å². The summed E-state index contributed by atoms with van der Waals surface area (Å²) >= 11 is 0. The molecule has 2 aliphatic heterocycles. The van der Waals surface area contributed by atoms with Gasteiger partial charge in [0.1, 0.15) is 11.9 Å². The van der Waals surface area contributed by atoms with Crippen molar-refractivity contribution in [3.05, 3.63) is 59.2 Å². The summed E-state index contributed by atoms with van der Waals surface area (Å²) in [5.41, 5.74) is 0.574. The fourth-order valence-electron chi connectivity index (χ4n) is 7.33. The van der Waals surface area contributed by atoms with E-state index in [1.807, 2.05) is 13.1 Å². The molecule has 1 saturated carbocycles. The predicted molar refractivity (Wildman–Crippen MR) is 132 cm³/mol. The van der Waals surface area contributed by atoms with Crippen LogP contribution in [0.15, 0.2) is 42.5 Å². The Morgan fingerprint density at radius 2 is 2.08 bits per heavy atom. The number of likely N-dealkylation sites (tertiary alicyclic amines) is 1. The number of hydrogen-bond donors (Lipinski definition) is 2. The average Bonchev–Trinajstić information content (AvgIpc) is 3.19. The van der Waals surface area contributed by atoms with Gasteiger partial charge in [0.2, 0.25) is 5.91 Å². The maximum Gasteiger partial charge on any atom is 0.573 e. The molecule has 38 heavy (non-hydrogen) atoms. The van der Waals surface area contributed by atoms with Gasteiger partial charge >= 0.3 is 6.36 Å². The topological polar surface area (TPSA) is 82.5 Å². The highest BCUT2D eigenvalue weighted by Crippen LogP contribution is 2.65. The van der Waals surface area contributed by atoms with Crippen molar-refractivity contribution in [3.8, 4) is 17.2 Å². The fourth-order valence-corrected chi connectivity index (χ4v) is 7.33. The molecule has 7 nitrogen and oxygen atoms in total. The van der Waals surface area contributed by atoms with E-state index < -0.39 is 23.5 Å². The summed E-state index contributed by atoms with van der Waals surface area (Å²) in [4.78, 5) is 16.9. The van der Waals surface area contributed by atoms with Crippen LogP contribution in [-0.2, 0) is 16.6 Å². The standard InChI is InChI=1S/C28H29F3N2O5/c1-32-11-10-26-22-14-18(15-27(26,36)21(32)13-17-7-8-20(34)25(37-22)24(17)26)33(2)23(35)9-6-16-4-3-5-19(12-16)38-28(29,30)31/h3-9,12,18,21-22,34,36H,10-11,13-15H2,1-2H3/t18-,21+,22-,26+,27+/m0/s1. The minimum absolute atomic E-state index is 0.0629. The third-order valence-corrected chi connectivity index (χ3v) is 9.05. The maximum atomic E-state index is 13.2. The molecule has 1 spiro atoms. The molecule has 2 fully saturated rings. The van der Waals surface area contributed by atoms with E-state index in [2.05, 4.69) is 9.64 Å². The van der Waals surface area contributed by atoms with Gasteiger partial charge in [-0.25, -0.2) is 0 Å². The Balaban J connectivity index is 1.27. The fraction of sp³-hybridized carbons (Fsp3) is 0.464. The molecular weight excluding hydrogens is 501 g/mol. The Hall–Kier alpha value is -3.24. The summed E-state index contributed by atoms with van der Waals surface area (Å²) in [5, 5.41) is 23.0. The van der Waals surface area contributed by atoms with Crippen LogP contribution >= 0.6 is 0 Å². The molecule has 202 valence electrons. The van der Waals surface area contributed by atoms with Gasteiger partial charge in [-0.1, -0.05) is 18.2 Å². The number of benzene rings is 2. The van der Waals surface area contributed by atoms with Crippen molar-refractivity contribution in [3.63, 3.8) is 0 Å². The summed E-state index contributed by atoms with van der Waals surface area (Å²) in [7, 11) is 3.67. The van der Waals surface area contributed by atoms with Crippen molar-refractivity contribution in [1.29, 1.82) is 0 Å². The second-order valence-corrected chi connectivity index (χ2v) is 10.9. The smallest absolute Gasteiger partial charge is 0.504 e. The predicted octanol–water partition coefficient (Wildman–Crippen LogP) is 3.62. The third-order valence-electron chi connectivity index (χ3n) is 9.05. The molecule has 0 radical (unpaired) electrons. The number of phenols is 1. The van der Waals surface area contributed by atoms with Crippen LogP contribution in [0.25, 0.3) is 6.08 Å². The number of amides is 1. The minimum atomic E-state index is -4.80. The number of halogens is 3. The lowest BCUT2D eigenvalue weighted by Crippen LogP contribution is -2.77. The number of aromatic hydroxyl groups is 1. The lowest BCUT2D eigenvalue weighted by Gasteiger charge is -2.64. The second kappa shape index (κ2) is 8.38. The molecule has 1 saturated heterocycles. The highest BCUT2D eigenvalue weighted by molar-refractivity contribution is 5.92. The summed E-state index contributed by atoms with van der Waals surface area (Å²) in [5.74, 6) is -0.198. The molecule has 0 unspecified atom stereocenters. The molecule has 2 aliphatic carbocycles. The Bertz CT molecular complexity index is 1330. The number of alkyl halides is 3. The quantitative estimate of drug-likeness (QED) is 0.588. The van der Waals surface area contributed by atoms with E-state index in [9.17, 15) is 28.2 Å². The number of carbonyl (C=O) groups excluding carboxylic acids is 1. The number of rotatable bonds is 4. The Morgan fingerprint density at radius 3 is 2.84 bits per heavy atom. The molecule has 1 amide bonds. The number of aliphatic hydroxyl groups is 1. The van der Waals surface area contributed by atoms with Crippen LogP contribution in [0.5, 0.6) is 17.2 Å². The molecule has 2 heterocycles. The SMILES string of the molecule is CN1CC[C@]23c4c5ccc(O)c4O[C@H]2C[C@H](N(C)C(=O)C=Cc2cccc(OC(F)(F)F)c2)C[C@@]3(O)[C@H]1C5. The first-order valence-electron chi connectivity index (χ1n) is 12.7. The number of piperidine rings is 1. The lowest BCUT2D eigenvalue weighted by molar-refractivity contribution is -0.274. The third kappa shape index (κ3) is 3.60. The van der Waals surface area contributed by atoms with Gasteiger partial charge in [0.15, 0.2) is 11.5 Å². The summed E-state index contributed by atoms with van der Waals surface area (Å²) in [6, 6.07) is 8.46. The molecule has 4 aliphatic rings. The Labute approximate surface area is 218 Å². The number of likely N-dealkylation sites (N-methyl/N-ethyl adjacent to an activating group) is 2. The van der Waals surface area contributed by atoms with Crippen LogP contribution in [0, 0.1) is 0 Å². The molecule has 2 bridgehead atoms. The summed E-state index contributed by atoms with van der Waals surface area (Å²) in [6.45, 7) is 0.792. The van der Waals surface area contributed by atoms with E-state index in [0.717, 1.165) is 17.7 Å². The van der Waals surface area contributed by atoms with Gasteiger partial charge in [0.05, 0.1) is 11.0 Å². The molecule has 2 N–H and O–H groups in total. The van der Waals surface area contributed by atoms with Gasteiger partial charge in [-0.2, -0.15) is 0 Å². The van der Waals surface area contributed by atoms with Crippen LogP contribution in [-0.4, -0.2) is 76.7 Å². The van der Waals surface area contributed by atoms with Crippen molar-refractivity contribution in [2.75, 3.05) is 20.6 Å². The van der Waals surface area contributed by atoms with Gasteiger partial charge in [-0.05, 0) is 68.3 Å². The molecular formula is C28H29F3N2O5. The van der Waals surface area contributed by atoms with Crippen LogP contribution in [0.2, 0.25) is 0 Å². The summed E-state index contributed by atoms with van der Waals surface area (Å²) < 4.78 is 48.0. The van der Waals surface area contributed by atoms with Crippen molar-refractivity contribution in [2.45, 2.75) is 61.2 Å². The first-order valence-corrected chi connectivity index (χ1v) is 12.7. The van der Waals surface area contributed by atoms with Crippen molar-refractivity contribution < 1.29 is 37.7 Å². The number of ether oxygens (including phenoxy) is 2. The van der Waals surface area contributed by atoms with Gasteiger partial charge in [-0.3, -0.25) is 4.79 Å². The van der Waals surface area contributed by atoms with Crippen LogP contribution in [0.4, 0.5) is 13.2 Å². The monoisotopic (exact) mass is 530 g/mol. The molecule has 2 aromatic carbocycles. The maximum absolute atomic E-state index is 13.2. The second-order valence-electron chi connectivity index (χ2n) is 10.9. The Morgan fingerprint density at radius 1 is 1.29 bits per heavy atom. The molecule has 5 atom stereocenters. The zero-order chi connectivity index (χ0) is 27.0. The van der Waals surface area contributed by atoms with E-state index in [4.69, 9.17) is 4.74 Å². The zero-order valence-electron chi connectivity index (χ0n) is 21.0. The van der Waals surface area contributed by atoms with E-state index in [1.165, 1.54) is 30.4 Å². The van der Waals surface area contributed by atoms with Crippen LogP contribution in [0.3, 0.4) is 0 Å². The first-order chi connectivity index (χ1) is 17.9. The normalized spacial score (nSPS) is 31.6. The van der Waals surface area contributed by atoms with Crippen molar-refractivity contribution in [2.24, 2.45) is 0 Å². The zero-order valence-corrected chi connectivity index (χ0v) is 21.0. The number of hydrogen-bond acceptors (Lipinski definition) is 6. The van der Waals surface area contributed by atoms with E-state index in [1.54, 1.807) is 24.1 Å². The lowest BCUT2D eigenvalue weighted by atomic mass is 9.48. The highest BCUT2D eigenvalue weighted by atomic mass is 19.4. The largest absolute Gasteiger partial charge is 0.573 e. The van der Waals surface area contributed by atoms with Gasteiger partial charge in [-0.15, -0.1) is 13.2 Å². The first kappa shape index (κ1) is 25.1. The van der Waals surface area contributed by atoms with E-state index in [-0.39, 0.29) is 29.5 Å². The van der Waals surface area contributed by atoms with Crippen molar-refractivity contribution >= 4 is 12.0 Å². The van der Waals surface area contributed by atoms with E-state index >= 15 is 0 Å². The van der Waals surface area contributed by atoms with Gasteiger partial charge in [0.25, 0.3) is 0 Å². The highest BCUT2D eigenvalue weighted by Gasteiger charge is 2.72. The number of phenolic OH excluding ortho intramolecular Hbond substituents is 1. The van der Waals surface area contributed by atoms with Crippen LogP contribution < -0.4 is 9.47 Å². The van der Waals surface area contributed by atoms with Crippen molar-refractivity contribution in [1.82, 2.24) is 9.80 Å². The summed E-state index contributed by atoms with van der Waals surface area (Å²) in [6.07, 6.45) is -0.320.